The summed E-state index contributed by atoms with van der Waals surface area (Å²) >= 11 is 6.12. The SMILES string of the molecule is CCOC(=O)N(CCCCN1CC=C(c2ccccc2)CC1)c1cc(Cl)ccc1C(N)=O. The second kappa shape index (κ2) is 11.7. The minimum atomic E-state index is -0.611. The van der Waals surface area contributed by atoms with Gasteiger partial charge in [-0.2, -0.15) is 0 Å². The highest BCUT2D eigenvalue weighted by molar-refractivity contribution is 6.31. The van der Waals surface area contributed by atoms with Crippen molar-refractivity contribution in [1.29, 1.82) is 0 Å². The van der Waals surface area contributed by atoms with E-state index in [0.717, 1.165) is 38.9 Å². The van der Waals surface area contributed by atoms with Gasteiger partial charge in [0.05, 0.1) is 17.9 Å². The van der Waals surface area contributed by atoms with Crippen LogP contribution in [0.4, 0.5) is 10.5 Å². The van der Waals surface area contributed by atoms with Crippen LogP contribution < -0.4 is 10.6 Å². The lowest BCUT2D eigenvalue weighted by molar-refractivity contribution is 0.100. The van der Waals surface area contributed by atoms with Crippen molar-refractivity contribution in [1.82, 2.24) is 4.90 Å². The van der Waals surface area contributed by atoms with Gasteiger partial charge in [-0.3, -0.25) is 14.6 Å². The number of hydrogen-bond acceptors (Lipinski definition) is 4. The molecule has 0 aliphatic carbocycles. The fourth-order valence-corrected chi connectivity index (χ4v) is 4.05. The first-order valence-electron chi connectivity index (χ1n) is 11.0. The van der Waals surface area contributed by atoms with Crippen LogP contribution in [0.3, 0.4) is 0 Å². The van der Waals surface area contributed by atoms with Gasteiger partial charge in [0, 0.05) is 24.7 Å². The number of halogens is 1. The highest BCUT2D eigenvalue weighted by Gasteiger charge is 2.22. The molecule has 2 N–H and O–H groups in total. The fraction of sp³-hybridized carbons (Fsp3) is 0.360. The Labute approximate surface area is 194 Å². The van der Waals surface area contributed by atoms with Crippen molar-refractivity contribution in [2.75, 3.05) is 37.7 Å². The molecule has 1 heterocycles. The molecule has 0 spiro atoms. The molecular formula is C25H30ClN3O3. The molecule has 0 fully saturated rings. The van der Waals surface area contributed by atoms with Gasteiger partial charge in [-0.05, 0) is 62.1 Å². The molecule has 32 heavy (non-hydrogen) atoms. The number of nitrogens with zero attached hydrogens (tertiary/aromatic N) is 2. The zero-order chi connectivity index (χ0) is 22.9. The van der Waals surface area contributed by atoms with Gasteiger partial charge in [-0.25, -0.2) is 4.79 Å². The van der Waals surface area contributed by atoms with E-state index >= 15 is 0 Å². The maximum atomic E-state index is 12.6. The van der Waals surface area contributed by atoms with Crippen LogP contribution in [0.1, 0.15) is 42.1 Å². The molecule has 2 amide bonds. The molecular weight excluding hydrogens is 426 g/mol. The molecule has 0 saturated heterocycles. The van der Waals surface area contributed by atoms with Gasteiger partial charge in [0.2, 0.25) is 0 Å². The minimum absolute atomic E-state index is 0.242. The Morgan fingerprint density at radius 2 is 1.94 bits per heavy atom. The quantitative estimate of drug-likeness (QED) is 0.541. The summed E-state index contributed by atoms with van der Waals surface area (Å²) in [6.45, 7) is 5.28. The van der Waals surface area contributed by atoms with Gasteiger partial charge in [0.25, 0.3) is 5.91 Å². The summed E-state index contributed by atoms with van der Waals surface area (Å²) in [5.41, 5.74) is 8.84. The average molecular weight is 456 g/mol. The van der Waals surface area contributed by atoms with E-state index < -0.39 is 12.0 Å². The van der Waals surface area contributed by atoms with E-state index in [4.69, 9.17) is 22.1 Å². The Morgan fingerprint density at radius 1 is 1.16 bits per heavy atom. The summed E-state index contributed by atoms with van der Waals surface area (Å²) in [7, 11) is 0. The number of benzene rings is 2. The molecule has 7 heteroatoms. The number of hydrogen-bond donors (Lipinski definition) is 1. The van der Waals surface area contributed by atoms with Crippen molar-refractivity contribution < 1.29 is 14.3 Å². The molecule has 0 radical (unpaired) electrons. The van der Waals surface area contributed by atoms with E-state index in [9.17, 15) is 9.59 Å². The standard InChI is InChI=1S/C25H30ClN3O3/c1-2-32-25(31)29(23-18-21(26)10-11-22(23)24(27)30)15-7-6-14-28-16-12-20(13-17-28)19-8-4-3-5-9-19/h3-5,8-12,18H,2,6-7,13-17H2,1H3,(H2,27,30). The molecule has 2 aromatic carbocycles. The molecule has 3 rings (SSSR count). The van der Waals surface area contributed by atoms with Gasteiger partial charge in [-0.15, -0.1) is 0 Å². The molecule has 6 nitrogen and oxygen atoms in total. The second-order valence-electron chi connectivity index (χ2n) is 7.73. The molecule has 1 aliphatic heterocycles. The third kappa shape index (κ3) is 6.34. The van der Waals surface area contributed by atoms with Crippen LogP contribution in [0.25, 0.3) is 5.57 Å². The summed E-state index contributed by atoms with van der Waals surface area (Å²) in [5, 5.41) is 0.425. The number of unbranched alkanes of at least 4 members (excludes halogenated alkanes) is 1. The summed E-state index contributed by atoms with van der Waals surface area (Å²) in [6, 6.07) is 15.2. The first-order chi connectivity index (χ1) is 15.5. The van der Waals surface area contributed by atoms with Gasteiger partial charge in [0.1, 0.15) is 0 Å². The Bertz CT molecular complexity index is 962. The molecule has 1 aliphatic rings. The van der Waals surface area contributed by atoms with Crippen molar-refractivity contribution in [3.8, 4) is 0 Å². The van der Waals surface area contributed by atoms with Gasteiger partial charge in [0.15, 0.2) is 0 Å². The largest absolute Gasteiger partial charge is 0.449 e. The highest BCUT2D eigenvalue weighted by Crippen LogP contribution is 2.26. The van der Waals surface area contributed by atoms with Crippen LogP contribution in [0.5, 0.6) is 0 Å². The molecule has 0 saturated carbocycles. The number of ether oxygens (including phenoxy) is 1. The molecule has 170 valence electrons. The third-order valence-electron chi connectivity index (χ3n) is 5.55. The normalized spacial score (nSPS) is 14.0. The van der Waals surface area contributed by atoms with Crippen LogP contribution in [0, 0.1) is 0 Å². The third-order valence-corrected chi connectivity index (χ3v) is 5.78. The van der Waals surface area contributed by atoms with Gasteiger partial charge >= 0.3 is 6.09 Å². The maximum Gasteiger partial charge on any atom is 0.414 e. The van der Waals surface area contributed by atoms with E-state index in [0.29, 0.717) is 17.3 Å². The van der Waals surface area contributed by atoms with Crippen molar-refractivity contribution in [3.05, 3.63) is 70.8 Å². The molecule has 0 aromatic heterocycles. The molecule has 0 unspecified atom stereocenters. The van der Waals surface area contributed by atoms with Crippen LogP contribution >= 0.6 is 11.6 Å². The lowest BCUT2D eigenvalue weighted by Crippen LogP contribution is -2.35. The van der Waals surface area contributed by atoms with E-state index in [1.165, 1.54) is 22.1 Å². The van der Waals surface area contributed by atoms with E-state index in [2.05, 4.69) is 35.2 Å². The number of rotatable bonds is 9. The fourth-order valence-electron chi connectivity index (χ4n) is 3.88. The summed E-state index contributed by atoms with van der Waals surface area (Å²) < 4.78 is 5.21. The van der Waals surface area contributed by atoms with Crippen molar-refractivity contribution in [2.45, 2.75) is 26.2 Å². The Morgan fingerprint density at radius 3 is 2.59 bits per heavy atom. The van der Waals surface area contributed by atoms with Gasteiger partial charge < -0.3 is 10.5 Å². The first kappa shape index (κ1) is 23.8. The minimum Gasteiger partial charge on any atom is -0.449 e. The number of anilines is 1. The summed E-state index contributed by atoms with van der Waals surface area (Å²) in [5.74, 6) is -0.611. The number of carbonyl (C=O) groups is 2. The topological polar surface area (TPSA) is 75.9 Å². The molecule has 2 aromatic rings. The predicted molar refractivity (Wildman–Crippen MR) is 129 cm³/mol. The van der Waals surface area contributed by atoms with Gasteiger partial charge in [-0.1, -0.05) is 48.0 Å². The Balaban J connectivity index is 1.58. The van der Waals surface area contributed by atoms with E-state index in [-0.39, 0.29) is 12.2 Å². The number of primary amides is 1. The van der Waals surface area contributed by atoms with Crippen molar-refractivity contribution in [3.63, 3.8) is 0 Å². The molecule has 0 atom stereocenters. The zero-order valence-corrected chi connectivity index (χ0v) is 19.2. The zero-order valence-electron chi connectivity index (χ0n) is 18.4. The second-order valence-corrected chi connectivity index (χ2v) is 8.17. The van der Waals surface area contributed by atoms with Crippen molar-refractivity contribution in [2.24, 2.45) is 5.73 Å². The predicted octanol–water partition coefficient (Wildman–Crippen LogP) is 4.97. The van der Waals surface area contributed by atoms with Crippen molar-refractivity contribution >= 4 is 34.9 Å². The number of amides is 2. The number of nitrogens with two attached hydrogens (primary N) is 1. The van der Waals surface area contributed by atoms with Crippen LogP contribution in [-0.2, 0) is 4.74 Å². The van der Waals surface area contributed by atoms with E-state index in [1.54, 1.807) is 19.1 Å². The van der Waals surface area contributed by atoms with Crippen LogP contribution in [0.2, 0.25) is 5.02 Å². The van der Waals surface area contributed by atoms with Crippen LogP contribution in [0.15, 0.2) is 54.6 Å². The molecule has 0 bridgehead atoms. The average Bonchev–Trinajstić information content (AvgIpc) is 2.80. The Kier molecular flexibility index (Phi) is 8.71. The summed E-state index contributed by atoms with van der Waals surface area (Å²) in [4.78, 5) is 28.3. The smallest absolute Gasteiger partial charge is 0.414 e. The first-order valence-corrected chi connectivity index (χ1v) is 11.4. The number of carbonyl (C=O) groups excluding carboxylic acids is 2. The lowest BCUT2D eigenvalue weighted by atomic mass is 9.99. The monoisotopic (exact) mass is 455 g/mol. The maximum absolute atomic E-state index is 12.6. The summed E-state index contributed by atoms with van der Waals surface area (Å²) in [6.07, 6.45) is 4.50. The highest BCUT2D eigenvalue weighted by atomic mass is 35.5. The van der Waals surface area contributed by atoms with E-state index in [1.807, 2.05) is 6.07 Å². The lowest BCUT2D eigenvalue weighted by Gasteiger charge is -2.27. The van der Waals surface area contributed by atoms with Crippen LogP contribution in [-0.4, -0.2) is 49.7 Å². The Hall–Kier alpha value is -2.83.